The molecule has 3 aliphatic rings. The minimum Gasteiger partial charge on any atom is -0.393 e. The number of hydrogen-bond acceptors (Lipinski definition) is 3. The average molecular weight is 393 g/mol. The van der Waals surface area contributed by atoms with Gasteiger partial charge in [-0.1, -0.05) is 45.8 Å². The number of fused-ring (bicyclic) bond motifs is 3. The van der Waals surface area contributed by atoms with E-state index in [1.165, 1.54) is 24.8 Å². The Labute approximate surface area is 172 Å². The van der Waals surface area contributed by atoms with Gasteiger partial charge in [-0.15, -0.1) is 0 Å². The molecule has 28 heavy (non-hydrogen) atoms. The molecule has 162 valence electrons. The van der Waals surface area contributed by atoms with Gasteiger partial charge >= 0.3 is 0 Å². The van der Waals surface area contributed by atoms with Crippen LogP contribution < -0.4 is 0 Å². The predicted molar refractivity (Wildman–Crippen MR) is 115 cm³/mol. The van der Waals surface area contributed by atoms with Crippen molar-refractivity contribution in [1.29, 1.82) is 0 Å². The molecule has 0 amide bonds. The van der Waals surface area contributed by atoms with E-state index in [4.69, 9.17) is 0 Å². The van der Waals surface area contributed by atoms with E-state index in [-0.39, 0.29) is 34.9 Å². The zero-order chi connectivity index (χ0) is 21.0. The fourth-order valence-corrected chi connectivity index (χ4v) is 8.58. The fraction of sp³-hybridized carbons (Fsp3) is 0.920. The zero-order valence-corrected chi connectivity index (χ0v) is 19.1. The van der Waals surface area contributed by atoms with Crippen LogP contribution in [0, 0.1) is 34.0 Å². The van der Waals surface area contributed by atoms with Crippen LogP contribution in [0.4, 0.5) is 0 Å². The highest BCUT2D eigenvalue weighted by molar-refractivity contribution is 5.15. The summed E-state index contributed by atoms with van der Waals surface area (Å²) in [7, 11) is 0. The maximum absolute atomic E-state index is 11.4. The topological polar surface area (TPSA) is 60.7 Å². The minimum absolute atomic E-state index is 0.0423. The number of rotatable bonds is 4. The highest BCUT2D eigenvalue weighted by atomic mass is 16.3. The molecule has 3 nitrogen and oxygen atoms in total. The van der Waals surface area contributed by atoms with Gasteiger partial charge in [0.05, 0.1) is 18.3 Å². The summed E-state index contributed by atoms with van der Waals surface area (Å²) in [6, 6.07) is 0. The second-order valence-corrected chi connectivity index (χ2v) is 11.9. The number of aliphatic hydroxyl groups excluding tert-OH is 2. The standard InChI is InChI=1S/C25H44O3/c1-17(11-15-26)8-9-20-24(5)16-18(27)21-22(2,3)12-7-13-23(21,4)19(24)10-14-25(20,6)28/h11,18-21,26-28H,7-10,12-16H2,1-6H3/b17-11-/t18-,19-,20+,21+,23+,24+,25+/m1/s1. The average Bonchev–Trinajstić information content (AvgIpc) is 2.51. The molecule has 0 aromatic carbocycles. The zero-order valence-electron chi connectivity index (χ0n) is 19.1. The molecule has 3 saturated carbocycles. The van der Waals surface area contributed by atoms with E-state index in [0.29, 0.717) is 11.8 Å². The predicted octanol–water partition coefficient (Wildman–Crippen LogP) is 5.09. The molecule has 3 heteroatoms. The van der Waals surface area contributed by atoms with Crippen molar-refractivity contribution in [3.63, 3.8) is 0 Å². The highest BCUT2D eigenvalue weighted by Gasteiger charge is 2.66. The van der Waals surface area contributed by atoms with E-state index in [0.717, 1.165) is 32.1 Å². The summed E-state index contributed by atoms with van der Waals surface area (Å²) >= 11 is 0. The molecule has 7 atom stereocenters. The Hall–Kier alpha value is -0.380. The van der Waals surface area contributed by atoms with Gasteiger partial charge < -0.3 is 15.3 Å². The van der Waals surface area contributed by atoms with Gasteiger partial charge in [-0.05, 0) is 92.8 Å². The third-order valence-electron chi connectivity index (χ3n) is 9.47. The van der Waals surface area contributed by atoms with Crippen LogP contribution in [-0.4, -0.2) is 33.6 Å². The Morgan fingerprint density at radius 3 is 2.36 bits per heavy atom. The van der Waals surface area contributed by atoms with Crippen molar-refractivity contribution in [2.75, 3.05) is 6.61 Å². The van der Waals surface area contributed by atoms with Gasteiger partial charge in [0.15, 0.2) is 0 Å². The monoisotopic (exact) mass is 392 g/mol. The van der Waals surface area contributed by atoms with Gasteiger partial charge in [0.25, 0.3) is 0 Å². The molecule has 0 spiro atoms. The van der Waals surface area contributed by atoms with Crippen LogP contribution in [0.15, 0.2) is 11.6 Å². The summed E-state index contributed by atoms with van der Waals surface area (Å²) < 4.78 is 0. The van der Waals surface area contributed by atoms with Gasteiger partial charge in [0, 0.05) is 0 Å². The summed E-state index contributed by atoms with van der Waals surface area (Å²) in [6.45, 7) is 13.7. The first-order chi connectivity index (χ1) is 12.9. The van der Waals surface area contributed by atoms with Crippen LogP contribution in [0.3, 0.4) is 0 Å². The van der Waals surface area contributed by atoms with Crippen molar-refractivity contribution < 1.29 is 15.3 Å². The summed E-state index contributed by atoms with van der Waals surface area (Å²) in [6.07, 6.45) is 9.84. The Bertz CT molecular complexity index is 607. The van der Waals surface area contributed by atoms with Crippen LogP contribution >= 0.6 is 0 Å². The summed E-state index contributed by atoms with van der Waals surface area (Å²) in [5.74, 6) is 1.09. The first-order valence-corrected chi connectivity index (χ1v) is 11.6. The van der Waals surface area contributed by atoms with Crippen LogP contribution in [0.5, 0.6) is 0 Å². The lowest BCUT2D eigenvalue weighted by Gasteiger charge is -2.68. The lowest BCUT2D eigenvalue weighted by atomic mass is 9.37. The molecule has 0 radical (unpaired) electrons. The molecule has 3 fully saturated rings. The molecule has 0 aromatic rings. The highest BCUT2D eigenvalue weighted by Crippen LogP contribution is 2.70. The summed E-state index contributed by atoms with van der Waals surface area (Å²) in [4.78, 5) is 0. The van der Waals surface area contributed by atoms with Gasteiger partial charge in [0.2, 0.25) is 0 Å². The third-order valence-corrected chi connectivity index (χ3v) is 9.47. The van der Waals surface area contributed by atoms with Gasteiger partial charge in [-0.2, -0.15) is 0 Å². The van der Waals surface area contributed by atoms with Crippen LogP contribution in [0.2, 0.25) is 0 Å². The summed E-state index contributed by atoms with van der Waals surface area (Å²) in [5, 5.41) is 32.0. The molecule has 0 saturated heterocycles. The maximum atomic E-state index is 11.4. The second-order valence-electron chi connectivity index (χ2n) is 11.9. The molecule has 0 bridgehead atoms. The van der Waals surface area contributed by atoms with Crippen molar-refractivity contribution in [2.24, 2.45) is 34.0 Å². The fourth-order valence-electron chi connectivity index (χ4n) is 8.58. The van der Waals surface area contributed by atoms with Crippen molar-refractivity contribution >= 4 is 0 Å². The molecule has 0 aliphatic heterocycles. The molecular weight excluding hydrogens is 348 g/mol. The Morgan fingerprint density at radius 2 is 1.71 bits per heavy atom. The SMILES string of the molecule is C/C(=C/CO)CC[C@H]1[C@@]2(C)C[C@@H](O)[C@H]3C(C)(C)CCC[C@@]3(C)[C@H]2CC[C@]1(C)O. The first-order valence-electron chi connectivity index (χ1n) is 11.6. The number of allylic oxidation sites excluding steroid dienone is 1. The van der Waals surface area contributed by atoms with Gasteiger partial charge in [-0.25, -0.2) is 0 Å². The van der Waals surface area contributed by atoms with Crippen molar-refractivity contribution in [3.8, 4) is 0 Å². The Balaban J connectivity index is 1.97. The smallest absolute Gasteiger partial charge is 0.0653 e. The lowest BCUT2D eigenvalue weighted by molar-refractivity contribution is -0.243. The third kappa shape index (κ3) is 3.50. The van der Waals surface area contributed by atoms with E-state index >= 15 is 0 Å². The number of hydrogen-bond donors (Lipinski definition) is 3. The normalized spacial score (nSPS) is 48.7. The molecular formula is C25H44O3. The van der Waals surface area contributed by atoms with Gasteiger partial charge in [-0.3, -0.25) is 0 Å². The molecule has 3 rings (SSSR count). The van der Waals surface area contributed by atoms with Gasteiger partial charge in [0.1, 0.15) is 0 Å². The molecule has 0 aromatic heterocycles. The minimum atomic E-state index is -0.683. The lowest BCUT2D eigenvalue weighted by Crippen LogP contribution is -2.66. The van der Waals surface area contributed by atoms with Crippen LogP contribution in [-0.2, 0) is 0 Å². The number of aliphatic hydroxyl groups is 3. The second kappa shape index (κ2) is 7.39. The van der Waals surface area contributed by atoms with Crippen LogP contribution in [0.25, 0.3) is 0 Å². The van der Waals surface area contributed by atoms with E-state index in [1.807, 2.05) is 13.0 Å². The van der Waals surface area contributed by atoms with Crippen molar-refractivity contribution in [1.82, 2.24) is 0 Å². The van der Waals surface area contributed by atoms with E-state index in [9.17, 15) is 15.3 Å². The summed E-state index contributed by atoms with van der Waals surface area (Å²) in [5.41, 5.74) is 0.808. The largest absolute Gasteiger partial charge is 0.393 e. The Kier molecular flexibility index (Phi) is 5.89. The maximum Gasteiger partial charge on any atom is 0.0653 e. The molecule has 0 unspecified atom stereocenters. The molecule has 3 N–H and O–H groups in total. The van der Waals surface area contributed by atoms with E-state index in [1.54, 1.807) is 0 Å². The molecule has 0 heterocycles. The quantitative estimate of drug-likeness (QED) is 0.584. The Morgan fingerprint density at radius 1 is 1.04 bits per heavy atom. The van der Waals surface area contributed by atoms with Crippen molar-refractivity contribution in [3.05, 3.63) is 11.6 Å². The molecule has 3 aliphatic carbocycles. The van der Waals surface area contributed by atoms with Crippen LogP contribution in [0.1, 0.15) is 92.9 Å². The first kappa shape index (κ1) is 22.3. The van der Waals surface area contributed by atoms with E-state index < -0.39 is 5.60 Å². The van der Waals surface area contributed by atoms with Crippen molar-refractivity contribution in [2.45, 2.75) is 105 Å². The van der Waals surface area contributed by atoms with E-state index in [2.05, 4.69) is 34.6 Å².